The average molecular weight is 396 g/mol. The standard InChI is InChI=1S/C22H28N4O3/c1-3-29-22-18-11-9-17(21(28)24-14-13-23-15(2)27)10-12-19(18)25-20(26-22)16-7-5-4-6-8-16/h4-8,17H,3,9-14H2,1-2H3,(H,23,27)(H,24,28). The normalized spacial score (nSPS) is 15.7. The van der Waals surface area contributed by atoms with Gasteiger partial charge in [0.05, 0.1) is 12.3 Å². The van der Waals surface area contributed by atoms with E-state index in [1.165, 1.54) is 6.92 Å². The Balaban J connectivity index is 1.73. The molecule has 7 heteroatoms. The molecule has 1 heterocycles. The zero-order chi connectivity index (χ0) is 20.6. The molecule has 2 N–H and O–H groups in total. The summed E-state index contributed by atoms with van der Waals surface area (Å²) >= 11 is 0. The van der Waals surface area contributed by atoms with Gasteiger partial charge >= 0.3 is 0 Å². The first kappa shape index (κ1) is 20.8. The van der Waals surface area contributed by atoms with E-state index in [1.54, 1.807) is 0 Å². The largest absolute Gasteiger partial charge is 0.478 e. The van der Waals surface area contributed by atoms with Crippen molar-refractivity contribution in [2.24, 2.45) is 5.92 Å². The first-order valence-electron chi connectivity index (χ1n) is 10.2. The summed E-state index contributed by atoms with van der Waals surface area (Å²) < 4.78 is 5.83. The molecule has 0 radical (unpaired) electrons. The van der Waals surface area contributed by atoms with E-state index in [4.69, 9.17) is 9.72 Å². The second-order valence-corrected chi connectivity index (χ2v) is 7.12. The van der Waals surface area contributed by atoms with Crippen LogP contribution in [0, 0.1) is 5.92 Å². The number of amides is 2. The highest BCUT2D eigenvalue weighted by molar-refractivity contribution is 5.79. The molecular formula is C22H28N4O3. The van der Waals surface area contributed by atoms with E-state index in [2.05, 4.69) is 15.6 Å². The smallest absolute Gasteiger partial charge is 0.223 e. The monoisotopic (exact) mass is 396 g/mol. The molecule has 1 aliphatic rings. The summed E-state index contributed by atoms with van der Waals surface area (Å²) in [6.07, 6.45) is 2.88. The number of aromatic nitrogens is 2. The maximum absolute atomic E-state index is 12.6. The van der Waals surface area contributed by atoms with Crippen molar-refractivity contribution in [3.8, 4) is 17.3 Å². The number of carbonyl (C=O) groups excluding carboxylic acids is 2. The van der Waals surface area contributed by atoms with Crippen LogP contribution in [0.5, 0.6) is 5.88 Å². The number of rotatable bonds is 7. The minimum Gasteiger partial charge on any atom is -0.478 e. The molecule has 3 rings (SSSR count). The van der Waals surface area contributed by atoms with Gasteiger partial charge in [-0.2, -0.15) is 4.98 Å². The van der Waals surface area contributed by atoms with Crippen LogP contribution in [0.15, 0.2) is 30.3 Å². The summed E-state index contributed by atoms with van der Waals surface area (Å²) in [5.74, 6) is 1.13. The van der Waals surface area contributed by atoms with E-state index in [0.717, 1.165) is 29.7 Å². The second kappa shape index (κ2) is 10.0. The van der Waals surface area contributed by atoms with Gasteiger partial charge in [-0.1, -0.05) is 30.3 Å². The number of hydrogen-bond acceptors (Lipinski definition) is 5. The van der Waals surface area contributed by atoms with Crippen LogP contribution in [0.4, 0.5) is 0 Å². The molecule has 0 spiro atoms. The van der Waals surface area contributed by atoms with Gasteiger partial charge in [0.15, 0.2) is 5.82 Å². The molecule has 0 aliphatic heterocycles. The third kappa shape index (κ3) is 5.53. The lowest BCUT2D eigenvalue weighted by atomic mass is 9.99. The predicted molar refractivity (Wildman–Crippen MR) is 110 cm³/mol. The van der Waals surface area contributed by atoms with E-state index in [9.17, 15) is 9.59 Å². The Morgan fingerprint density at radius 3 is 2.52 bits per heavy atom. The summed E-state index contributed by atoms with van der Waals surface area (Å²) in [5.41, 5.74) is 2.93. The van der Waals surface area contributed by atoms with Gasteiger partial charge in [0.25, 0.3) is 0 Å². The molecule has 7 nitrogen and oxygen atoms in total. The Labute approximate surface area is 171 Å². The van der Waals surface area contributed by atoms with Gasteiger partial charge in [0.1, 0.15) is 0 Å². The first-order valence-corrected chi connectivity index (χ1v) is 10.2. The van der Waals surface area contributed by atoms with E-state index in [0.29, 0.717) is 44.2 Å². The van der Waals surface area contributed by atoms with Crippen LogP contribution in [0.2, 0.25) is 0 Å². The zero-order valence-corrected chi connectivity index (χ0v) is 17.0. The SMILES string of the molecule is CCOc1nc(-c2ccccc2)nc2c1CCC(C(=O)NCCNC(C)=O)CC2. The van der Waals surface area contributed by atoms with Crippen molar-refractivity contribution in [3.05, 3.63) is 41.6 Å². The Kier molecular flexibility index (Phi) is 7.16. The topological polar surface area (TPSA) is 93.2 Å². The highest BCUT2D eigenvalue weighted by Gasteiger charge is 2.26. The van der Waals surface area contributed by atoms with Gasteiger partial charge in [-0.05, 0) is 32.6 Å². The highest BCUT2D eigenvalue weighted by Crippen LogP contribution is 2.31. The Morgan fingerprint density at radius 2 is 1.79 bits per heavy atom. The summed E-state index contributed by atoms with van der Waals surface area (Å²) in [6.45, 7) is 4.81. The maximum Gasteiger partial charge on any atom is 0.223 e. The molecule has 2 aromatic rings. The van der Waals surface area contributed by atoms with Crippen LogP contribution in [0.25, 0.3) is 11.4 Å². The number of aryl methyl sites for hydroxylation is 1. The van der Waals surface area contributed by atoms with Crippen molar-refractivity contribution in [2.75, 3.05) is 19.7 Å². The highest BCUT2D eigenvalue weighted by atomic mass is 16.5. The van der Waals surface area contributed by atoms with E-state index in [1.807, 2.05) is 37.3 Å². The number of ether oxygens (including phenoxy) is 1. The second-order valence-electron chi connectivity index (χ2n) is 7.12. The molecule has 29 heavy (non-hydrogen) atoms. The fourth-order valence-electron chi connectivity index (χ4n) is 3.54. The number of hydrogen-bond donors (Lipinski definition) is 2. The lowest BCUT2D eigenvalue weighted by molar-refractivity contribution is -0.125. The molecule has 0 saturated heterocycles. The van der Waals surface area contributed by atoms with Crippen LogP contribution < -0.4 is 15.4 Å². The van der Waals surface area contributed by atoms with Crippen molar-refractivity contribution in [2.45, 2.75) is 39.5 Å². The number of benzene rings is 1. The van der Waals surface area contributed by atoms with Crippen molar-refractivity contribution in [3.63, 3.8) is 0 Å². The maximum atomic E-state index is 12.6. The van der Waals surface area contributed by atoms with Gasteiger partial charge < -0.3 is 15.4 Å². The van der Waals surface area contributed by atoms with Crippen molar-refractivity contribution >= 4 is 11.8 Å². The van der Waals surface area contributed by atoms with Crippen molar-refractivity contribution in [1.29, 1.82) is 0 Å². The van der Waals surface area contributed by atoms with Gasteiger partial charge in [0, 0.05) is 37.1 Å². The minimum absolute atomic E-state index is 0.0253. The zero-order valence-electron chi connectivity index (χ0n) is 17.0. The quantitative estimate of drug-likeness (QED) is 0.553. The third-order valence-corrected chi connectivity index (χ3v) is 5.01. The molecule has 1 unspecified atom stereocenters. The first-order chi connectivity index (χ1) is 14.1. The number of fused-ring (bicyclic) bond motifs is 1. The molecule has 0 saturated carbocycles. The third-order valence-electron chi connectivity index (χ3n) is 5.01. The number of nitrogens with one attached hydrogen (secondary N) is 2. The van der Waals surface area contributed by atoms with Gasteiger partial charge in [-0.15, -0.1) is 0 Å². The molecule has 1 aromatic heterocycles. The molecule has 0 bridgehead atoms. The van der Waals surface area contributed by atoms with Crippen LogP contribution in [-0.2, 0) is 22.4 Å². The van der Waals surface area contributed by atoms with Crippen molar-refractivity contribution in [1.82, 2.24) is 20.6 Å². The average Bonchev–Trinajstić information content (AvgIpc) is 2.95. The Bertz CT molecular complexity index is 855. The fourth-order valence-corrected chi connectivity index (χ4v) is 3.54. The molecule has 1 atom stereocenters. The number of nitrogens with zero attached hydrogens (tertiary/aromatic N) is 2. The lowest BCUT2D eigenvalue weighted by Crippen LogP contribution is -2.37. The summed E-state index contributed by atoms with van der Waals surface area (Å²) in [6, 6.07) is 9.86. The van der Waals surface area contributed by atoms with Gasteiger partial charge in [-0.3, -0.25) is 9.59 Å². The van der Waals surface area contributed by atoms with Gasteiger partial charge in [0.2, 0.25) is 17.7 Å². The van der Waals surface area contributed by atoms with E-state index < -0.39 is 0 Å². The van der Waals surface area contributed by atoms with Crippen LogP contribution in [0.3, 0.4) is 0 Å². The molecule has 1 aromatic carbocycles. The van der Waals surface area contributed by atoms with E-state index >= 15 is 0 Å². The number of carbonyl (C=O) groups is 2. The summed E-state index contributed by atoms with van der Waals surface area (Å²) in [5, 5.41) is 5.60. The van der Waals surface area contributed by atoms with Crippen LogP contribution in [-0.4, -0.2) is 41.5 Å². The van der Waals surface area contributed by atoms with Crippen molar-refractivity contribution < 1.29 is 14.3 Å². The van der Waals surface area contributed by atoms with E-state index in [-0.39, 0.29) is 17.7 Å². The molecule has 0 fully saturated rings. The molecular weight excluding hydrogens is 368 g/mol. The minimum atomic E-state index is -0.0968. The van der Waals surface area contributed by atoms with Crippen LogP contribution >= 0.6 is 0 Å². The lowest BCUT2D eigenvalue weighted by Gasteiger charge is -2.14. The molecule has 2 amide bonds. The summed E-state index contributed by atoms with van der Waals surface area (Å²) in [7, 11) is 0. The molecule has 154 valence electrons. The van der Waals surface area contributed by atoms with Crippen LogP contribution in [0.1, 0.15) is 37.9 Å². The Morgan fingerprint density at radius 1 is 1.07 bits per heavy atom. The Hall–Kier alpha value is -2.96. The molecule has 1 aliphatic carbocycles. The predicted octanol–water partition coefficient (Wildman–Crippen LogP) is 2.29. The van der Waals surface area contributed by atoms with Gasteiger partial charge in [-0.25, -0.2) is 4.98 Å². The summed E-state index contributed by atoms with van der Waals surface area (Å²) in [4.78, 5) is 32.9. The fraction of sp³-hybridized carbons (Fsp3) is 0.455.